The van der Waals surface area contributed by atoms with Gasteiger partial charge in [0.25, 0.3) is 0 Å². The Balaban J connectivity index is 2.83. The maximum absolute atomic E-state index is 11.9. The molecule has 0 fully saturated rings. The fraction of sp³-hybridized carbons (Fsp3) is 0.385. The summed E-state index contributed by atoms with van der Waals surface area (Å²) in [6.45, 7) is 3.90. The summed E-state index contributed by atoms with van der Waals surface area (Å²) in [5, 5.41) is 14.6. The van der Waals surface area contributed by atoms with Crippen molar-refractivity contribution in [1.29, 1.82) is 0 Å². The van der Waals surface area contributed by atoms with Crippen molar-refractivity contribution in [1.82, 2.24) is 5.32 Å². The molecule has 5 nitrogen and oxygen atoms in total. The number of carbonyl (C=O) groups is 2. The molecule has 0 aliphatic rings. The third kappa shape index (κ3) is 5.65. The Labute approximate surface area is 137 Å². The molecule has 0 spiro atoms. The Bertz CT molecular complexity index is 540. The van der Waals surface area contributed by atoms with Crippen LogP contribution in [0.5, 0.6) is 0 Å². The van der Waals surface area contributed by atoms with E-state index in [2.05, 4.69) is 10.6 Å². The summed E-state index contributed by atoms with van der Waals surface area (Å²) < 4.78 is 0. The maximum atomic E-state index is 11.9. The number of thioether (sulfide) groups is 1. The first kappa shape index (κ1) is 17.9. The summed E-state index contributed by atoms with van der Waals surface area (Å²) in [6.07, 6.45) is 0. The van der Waals surface area contributed by atoms with Gasteiger partial charge in [-0.1, -0.05) is 30.1 Å². The van der Waals surface area contributed by atoms with E-state index < -0.39 is 12.0 Å². The van der Waals surface area contributed by atoms with E-state index in [9.17, 15) is 9.59 Å². The minimum Gasteiger partial charge on any atom is -0.478 e. The molecule has 1 unspecified atom stereocenters. The van der Waals surface area contributed by atoms with Gasteiger partial charge < -0.3 is 15.7 Å². The number of anilines is 1. The predicted octanol–water partition coefficient (Wildman–Crippen LogP) is 3.95. The zero-order chi connectivity index (χ0) is 16.0. The molecule has 0 aromatic heterocycles. The van der Waals surface area contributed by atoms with Crippen molar-refractivity contribution in [3.63, 3.8) is 0 Å². The van der Waals surface area contributed by atoms with Crippen LogP contribution in [-0.2, 0) is 0 Å². The lowest BCUT2D eigenvalue weighted by atomic mass is 10.2. The Morgan fingerprint density at radius 2 is 2.05 bits per heavy atom. The first-order chi connectivity index (χ1) is 9.85. The SMILES string of the molecule is CCSCC(C)NC(=O)Nc1c(Cl)cc(Cl)cc1C(=O)O. The molecule has 1 aromatic rings. The van der Waals surface area contributed by atoms with Gasteiger partial charge in [0.1, 0.15) is 0 Å². The van der Waals surface area contributed by atoms with Crippen LogP contribution in [0.2, 0.25) is 10.0 Å². The molecule has 1 atom stereocenters. The third-order valence-corrected chi connectivity index (χ3v) is 4.13. The van der Waals surface area contributed by atoms with E-state index >= 15 is 0 Å². The maximum Gasteiger partial charge on any atom is 0.337 e. The zero-order valence-electron chi connectivity index (χ0n) is 11.6. The van der Waals surface area contributed by atoms with Crippen molar-refractivity contribution < 1.29 is 14.7 Å². The summed E-state index contributed by atoms with van der Waals surface area (Å²) >= 11 is 13.4. The highest BCUT2D eigenvalue weighted by Gasteiger charge is 2.18. The lowest BCUT2D eigenvalue weighted by Gasteiger charge is -2.16. The molecule has 2 amide bonds. The number of rotatable bonds is 6. The summed E-state index contributed by atoms with van der Waals surface area (Å²) in [5.41, 5.74) is -0.125. The molecule has 21 heavy (non-hydrogen) atoms. The number of urea groups is 1. The van der Waals surface area contributed by atoms with Crippen LogP contribution in [0.25, 0.3) is 0 Å². The highest BCUT2D eigenvalue weighted by atomic mass is 35.5. The van der Waals surface area contributed by atoms with Gasteiger partial charge >= 0.3 is 12.0 Å². The van der Waals surface area contributed by atoms with E-state index in [0.717, 1.165) is 11.5 Å². The van der Waals surface area contributed by atoms with Crippen LogP contribution in [-0.4, -0.2) is 34.7 Å². The number of aromatic carboxylic acids is 1. The molecule has 1 rings (SSSR count). The number of carboxylic acids is 1. The number of hydrogen-bond donors (Lipinski definition) is 3. The van der Waals surface area contributed by atoms with E-state index in [1.807, 2.05) is 13.8 Å². The monoisotopic (exact) mass is 350 g/mol. The standard InChI is InChI=1S/C13H16Cl2N2O3S/c1-3-21-6-7(2)16-13(20)17-11-9(12(18)19)4-8(14)5-10(11)15/h4-5,7H,3,6H2,1-2H3,(H,18,19)(H2,16,17,20). The molecule has 0 saturated carbocycles. The summed E-state index contributed by atoms with van der Waals surface area (Å²) in [4.78, 5) is 23.1. The van der Waals surface area contributed by atoms with Gasteiger partial charge in [0, 0.05) is 16.8 Å². The minimum absolute atomic E-state index is 0.0291. The van der Waals surface area contributed by atoms with Gasteiger partial charge in [-0.25, -0.2) is 9.59 Å². The molecule has 116 valence electrons. The number of benzene rings is 1. The first-order valence-corrected chi connectivity index (χ1v) is 8.13. The second kappa shape index (κ2) is 8.36. The molecule has 0 heterocycles. The van der Waals surface area contributed by atoms with Crippen molar-refractivity contribution in [3.8, 4) is 0 Å². The van der Waals surface area contributed by atoms with E-state index in [0.29, 0.717) is 0 Å². The zero-order valence-corrected chi connectivity index (χ0v) is 13.9. The normalized spacial score (nSPS) is 11.8. The number of carboxylic acid groups (broad SMARTS) is 1. The molecule has 0 aliphatic carbocycles. The smallest absolute Gasteiger partial charge is 0.337 e. The quantitative estimate of drug-likeness (QED) is 0.725. The van der Waals surface area contributed by atoms with Crippen molar-refractivity contribution >= 4 is 52.7 Å². The van der Waals surface area contributed by atoms with Crippen LogP contribution in [0.3, 0.4) is 0 Å². The van der Waals surface area contributed by atoms with Crippen molar-refractivity contribution in [2.75, 3.05) is 16.8 Å². The molecule has 0 radical (unpaired) electrons. The van der Waals surface area contributed by atoms with Crippen molar-refractivity contribution in [3.05, 3.63) is 27.7 Å². The lowest BCUT2D eigenvalue weighted by Crippen LogP contribution is -2.38. The van der Waals surface area contributed by atoms with E-state index in [-0.39, 0.29) is 27.3 Å². The Hall–Kier alpha value is -1.11. The molecular weight excluding hydrogens is 335 g/mol. The largest absolute Gasteiger partial charge is 0.478 e. The molecule has 8 heteroatoms. The number of halogens is 2. The molecule has 0 aliphatic heterocycles. The topological polar surface area (TPSA) is 78.4 Å². The number of hydrogen-bond acceptors (Lipinski definition) is 3. The van der Waals surface area contributed by atoms with E-state index in [1.165, 1.54) is 12.1 Å². The van der Waals surface area contributed by atoms with Crippen LogP contribution in [0, 0.1) is 0 Å². The van der Waals surface area contributed by atoms with E-state index in [1.54, 1.807) is 11.8 Å². The fourth-order valence-electron chi connectivity index (χ4n) is 1.58. The molecular formula is C13H16Cl2N2O3S. The average Bonchev–Trinajstić information content (AvgIpc) is 2.38. The fourth-order valence-corrected chi connectivity index (χ4v) is 2.79. The van der Waals surface area contributed by atoms with Crippen molar-refractivity contribution in [2.45, 2.75) is 19.9 Å². The number of nitrogens with one attached hydrogen (secondary N) is 2. The second-order valence-electron chi connectivity index (χ2n) is 4.27. The minimum atomic E-state index is -1.22. The predicted molar refractivity (Wildman–Crippen MR) is 88.0 cm³/mol. The van der Waals surface area contributed by atoms with Crippen LogP contribution in [0.1, 0.15) is 24.2 Å². The van der Waals surface area contributed by atoms with Gasteiger partial charge in [-0.05, 0) is 24.8 Å². The molecule has 3 N–H and O–H groups in total. The van der Waals surface area contributed by atoms with Gasteiger partial charge in [-0.3, -0.25) is 0 Å². The summed E-state index contributed by atoms with van der Waals surface area (Å²) in [6, 6.07) is 2.06. The molecule has 0 bridgehead atoms. The average molecular weight is 351 g/mol. The molecule has 1 aromatic carbocycles. The van der Waals surface area contributed by atoms with Gasteiger partial charge in [0.2, 0.25) is 0 Å². The highest BCUT2D eigenvalue weighted by molar-refractivity contribution is 7.99. The summed E-state index contributed by atoms with van der Waals surface area (Å²) in [7, 11) is 0. The van der Waals surface area contributed by atoms with Gasteiger partial charge in [0.15, 0.2) is 0 Å². The highest BCUT2D eigenvalue weighted by Crippen LogP contribution is 2.30. The second-order valence-corrected chi connectivity index (χ2v) is 6.44. The Morgan fingerprint density at radius 3 is 2.62 bits per heavy atom. The van der Waals surface area contributed by atoms with Crippen molar-refractivity contribution in [2.24, 2.45) is 0 Å². The van der Waals surface area contributed by atoms with Gasteiger partial charge in [-0.2, -0.15) is 11.8 Å². The molecule has 0 saturated heterocycles. The summed E-state index contributed by atoms with van der Waals surface area (Å²) in [5.74, 6) is 0.508. The Kier molecular flexibility index (Phi) is 7.14. The first-order valence-electron chi connectivity index (χ1n) is 6.22. The van der Waals surface area contributed by atoms with Crippen LogP contribution >= 0.6 is 35.0 Å². The third-order valence-electron chi connectivity index (χ3n) is 2.47. The Morgan fingerprint density at radius 1 is 1.38 bits per heavy atom. The van der Waals surface area contributed by atoms with Crippen LogP contribution < -0.4 is 10.6 Å². The van der Waals surface area contributed by atoms with E-state index in [4.69, 9.17) is 28.3 Å². The van der Waals surface area contributed by atoms with Gasteiger partial charge in [0.05, 0.1) is 16.3 Å². The number of carbonyl (C=O) groups excluding carboxylic acids is 1. The van der Waals surface area contributed by atoms with Gasteiger partial charge in [-0.15, -0.1) is 0 Å². The number of amides is 2. The van der Waals surface area contributed by atoms with Crippen LogP contribution in [0.15, 0.2) is 12.1 Å². The van der Waals surface area contributed by atoms with Crippen LogP contribution in [0.4, 0.5) is 10.5 Å². The lowest BCUT2D eigenvalue weighted by molar-refractivity contribution is 0.0698.